The van der Waals surface area contributed by atoms with Crippen molar-refractivity contribution in [2.24, 2.45) is 0 Å². The van der Waals surface area contributed by atoms with E-state index in [4.69, 9.17) is 21.4 Å². The molecule has 54 valence electrons. The average Bonchev–Trinajstić information content (AvgIpc) is 2.13. The third-order valence-electron chi connectivity index (χ3n) is 1.61. The van der Waals surface area contributed by atoms with Gasteiger partial charge in [-0.2, -0.15) is 0 Å². The predicted octanol–water partition coefficient (Wildman–Crippen LogP) is 0.763. The molecule has 1 rings (SSSR count). The van der Waals surface area contributed by atoms with Crippen molar-refractivity contribution in [1.82, 2.24) is 0 Å². The molecule has 0 bridgehead atoms. The summed E-state index contributed by atoms with van der Waals surface area (Å²) in [4.78, 5) is 0. The van der Waals surface area contributed by atoms with Gasteiger partial charge in [0.25, 0.3) is 0 Å². The Kier molecular flexibility index (Phi) is 2.33. The van der Waals surface area contributed by atoms with Crippen LogP contribution in [0.5, 0.6) is 0 Å². The molecule has 0 aliphatic carbocycles. The third kappa shape index (κ3) is 1.57. The lowest BCUT2D eigenvalue weighted by atomic mass is 10.2. The largest absolute Gasteiger partial charge is 0.394 e. The number of alkyl halides is 1. The number of aliphatic hydroxyl groups excluding tert-OH is 1. The van der Waals surface area contributed by atoms with E-state index in [0.29, 0.717) is 0 Å². The third-order valence-corrected chi connectivity index (χ3v) is 2.14. The highest BCUT2D eigenvalue weighted by molar-refractivity contribution is 6.21. The Hall–Kier alpha value is 0.210. The van der Waals surface area contributed by atoms with Crippen molar-refractivity contribution in [1.29, 1.82) is 0 Å². The number of aliphatic hydroxyl groups is 1. The molecule has 3 atom stereocenters. The first-order valence-electron chi connectivity index (χ1n) is 3.14. The highest BCUT2D eigenvalue weighted by Gasteiger charge is 2.29. The van der Waals surface area contributed by atoms with E-state index in [2.05, 4.69) is 0 Å². The molecular weight excluding hydrogens is 140 g/mol. The minimum atomic E-state index is -0.0255. The lowest BCUT2D eigenvalue weighted by molar-refractivity contribution is 0.0202. The van der Waals surface area contributed by atoms with Crippen LogP contribution >= 0.6 is 11.6 Å². The molecule has 0 amide bonds. The normalized spacial score (nSPS) is 43.7. The molecule has 1 aliphatic rings. The van der Waals surface area contributed by atoms with Crippen LogP contribution < -0.4 is 0 Å². The van der Waals surface area contributed by atoms with Crippen LogP contribution in [-0.2, 0) is 4.74 Å². The van der Waals surface area contributed by atoms with E-state index in [0.717, 1.165) is 6.42 Å². The molecule has 0 aromatic rings. The number of halogens is 1. The van der Waals surface area contributed by atoms with Gasteiger partial charge in [0.05, 0.1) is 24.2 Å². The Bertz CT molecular complexity index is 87.1. The topological polar surface area (TPSA) is 29.5 Å². The van der Waals surface area contributed by atoms with Crippen LogP contribution in [0.1, 0.15) is 13.3 Å². The zero-order valence-corrected chi connectivity index (χ0v) is 6.14. The Labute approximate surface area is 59.8 Å². The van der Waals surface area contributed by atoms with E-state index in [1.54, 1.807) is 0 Å². The van der Waals surface area contributed by atoms with Crippen LogP contribution in [0.2, 0.25) is 0 Å². The summed E-state index contributed by atoms with van der Waals surface area (Å²) >= 11 is 5.80. The summed E-state index contributed by atoms with van der Waals surface area (Å²) < 4.78 is 5.24. The van der Waals surface area contributed by atoms with Gasteiger partial charge in [-0.05, 0) is 13.3 Å². The molecule has 0 aromatic carbocycles. The summed E-state index contributed by atoms with van der Waals surface area (Å²) in [6, 6.07) is 0. The van der Waals surface area contributed by atoms with Crippen molar-refractivity contribution in [3.63, 3.8) is 0 Å². The van der Waals surface area contributed by atoms with E-state index < -0.39 is 0 Å². The minimum absolute atomic E-state index is 0.0255. The molecule has 0 saturated carbocycles. The summed E-state index contributed by atoms with van der Waals surface area (Å²) in [5, 5.41) is 8.70. The molecule has 1 fully saturated rings. The fourth-order valence-corrected chi connectivity index (χ4v) is 1.26. The minimum Gasteiger partial charge on any atom is -0.394 e. The summed E-state index contributed by atoms with van der Waals surface area (Å²) in [6.07, 6.45) is 0.852. The number of rotatable bonds is 1. The van der Waals surface area contributed by atoms with Crippen molar-refractivity contribution in [3.8, 4) is 0 Å². The molecule has 9 heavy (non-hydrogen) atoms. The predicted molar refractivity (Wildman–Crippen MR) is 35.7 cm³/mol. The molecule has 1 aliphatic heterocycles. The van der Waals surface area contributed by atoms with E-state index in [-0.39, 0.29) is 24.2 Å². The van der Waals surface area contributed by atoms with Crippen LogP contribution in [0.3, 0.4) is 0 Å². The molecule has 1 saturated heterocycles. The average molecular weight is 151 g/mol. The molecule has 2 unspecified atom stereocenters. The van der Waals surface area contributed by atoms with Gasteiger partial charge in [-0.3, -0.25) is 0 Å². The van der Waals surface area contributed by atoms with Gasteiger partial charge in [0.15, 0.2) is 0 Å². The van der Waals surface area contributed by atoms with Gasteiger partial charge >= 0.3 is 0 Å². The van der Waals surface area contributed by atoms with Gasteiger partial charge in [0.1, 0.15) is 0 Å². The van der Waals surface area contributed by atoms with Crippen LogP contribution in [0.25, 0.3) is 0 Å². The van der Waals surface area contributed by atoms with Crippen LogP contribution in [0, 0.1) is 0 Å². The Morgan fingerprint density at radius 2 is 2.44 bits per heavy atom. The fraction of sp³-hybridized carbons (Fsp3) is 1.00. The maximum absolute atomic E-state index is 8.62. The van der Waals surface area contributed by atoms with E-state index in [9.17, 15) is 0 Å². The van der Waals surface area contributed by atoms with Gasteiger partial charge < -0.3 is 9.84 Å². The van der Waals surface area contributed by atoms with Gasteiger partial charge in [0.2, 0.25) is 0 Å². The van der Waals surface area contributed by atoms with E-state index >= 15 is 0 Å². The van der Waals surface area contributed by atoms with E-state index in [1.807, 2.05) is 6.92 Å². The summed E-state index contributed by atoms with van der Waals surface area (Å²) in [5.41, 5.74) is 0. The fourth-order valence-electron chi connectivity index (χ4n) is 1.00. The van der Waals surface area contributed by atoms with Gasteiger partial charge in [0, 0.05) is 0 Å². The molecule has 2 nitrogen and oxygen atoms in total. The second-order valence-corrected chi connectivity index (χ2v) is 2.96. The monoisotopic (exact) mass is 150 g/mol. The van der Waals surface area contributed by atoms with Crippen molar-refractivity contribution < 1.29 is 9.84 Å². The second-order valence-electron chi connectivity index (χ2n) is 2.40. The first-order chi connectivity index (χ1) is 4.24. The van der Waals surface area contributed by atoms with Crippen LogP contribution in [0.15, 0.2) is 0 Å². The Balaban J connectivity index is 2.35. The summed E-state index contributed by atoms with van der Waals surface area (Å²) in [6.45, 7) is 2.01. The smallest absolute Gasteiger partial charge is 0.0825 e. The highest BCUT2D eigenvalue weighted by Crippen LogP contribution is 2.23. The van der Waals surface area contributed by atoms with Crippen molar-refractivity contribution in [3.05, 3.63) is 0 Å². The standard InChI is InChI=1S/C6H11ClO2/c1-4-6(7)2-5(3-8)9-4/h4-6,8H,2-3H2,1H3/t4?,5?,6-/m0/s1. The van der Waals surface area contributed by atoms with Crippen LogP contribution in [0.4, 0.5) is 0 Å². The molecular formula is C6H11ClO2. The molecule has 1 heterocycles. The maximum atomic E-state index is 8.62. The SMILES string of the molecule is CC1OC(CO)C[C@@H]1Cl. The highest BCUT2D eigenvalue weighted by atomic mass is 35.5. The molecule has 0 spiro atoms. The first kappa shape index (κ1) is 7.32. The van der Waals surface area contributed by atoms with Crippen LogP contribution in [-0.4, -0.2) is 29.3 Å². The van der Waals surface area contributed by atoms with Crippen molar-refractivity contribution >= 4 is 11.6 Å². The number of hydrogen-bond donors (Lipinski definition) is 1. The maximum Gasteiger partial charge on any atom is 0.0825 e. The molecule has 1 N–H and O–H groups in total. The molecule has 0 radical (unpaired) electrons. The first-order valence-corrected chi connectivity index (χ1v) is 3.58. The summed E-state index contributed by atoms with van der Waals surface area (Å²) in [7, 11) is 0. The number of hydrogen-bond acceptors (Lipinski definition) is 2. The zero-order valence-electron chi connectivity index (χ0n) is 5.38. The van der Waals surface area contributed by atoms with Crippen molar-refractivity contribution in [2.45, 2.75) is 30.9 Å². The Morgan fingerprint density at radius 1 is 1.78 bits per heavy atom. The van der Waals surface area contributed by atoms with Gasteiger partial charge in [-0.1, -0.05) is 0 Å². The van der Waals surface area contributed by atoms with Crippen molar-refractivity contribution in [2.75, 3.05) is 6.61 Å². The number of ether oxygens (including phenoxy) is 1. The molecule has 3 heteroatoms. The van der Waals surface area contributed by atoms with Gasteiger partial charge in [-0.25, -0.2) is 0 Å². The van der Waals surface area contributed by atoms with E-state index in [1.165, 1.54) is 0 Å². The quantitative estimate of drug-likeness (QED) is 0.560. The second kappa shape index (κ2) is 2.86. The molecule has 0 aromatic heterocycles. The van der Waals surface area contributed by atoms with Gasteiger partial charge in [-0.15, -0.1) is 11.6 Å². The lowest BCUT2D eigenvalue weighted by Gasteiger charge is -2.05. The summed E-state index contributed by atoms with van der Waals surface area (Å²) in [5.74, 6) is 0. The Morgan fingerprint density at radius 3 is 2.67 bits per heavy atom. The zero-order chi connectivity index (χ0) is 6.85. The lowest BCUT2D eigenvalue weighted by Crippen LogP contribution is -2.12.